The van der Waals surface area contributed by atoms with E-state index in [1.807, 2.05) is 0 Å². The number of esters is 1. The van der Waals surface area contributed by atoms with E-state index in [0.717, 1.165) is 42.8 Å². The number of amides is 1. The summed E-state index contributed by atoms with van der Waals surface area (Å²) < 4.78 is 35.8. The Morgan fingerprint density at radius 1 is 1.13 bits per heavy atom. The van der Waals surface area contributed by atoms with Gasteiger partial charge in [0.15, 0.2) is 5.00 Å². The molecule has 31 heavy (non-hydrogen) atoms. The van der Waals surface area contributed by atoms with Gasteiger partial charge in [0.1, 0.15) is 0 Å². The fourth-order valence-electron chi connectivity index (χ4n) is 3.31. The summed E-state index contributed by atoms with van der Waals surface area (Å²) in [5.74, 6) is -0.925. The summed E-state index contributed by atoms with van der Waals surface area (Å²) >= 11 is 0.908. The summed E-state index contributed by atoms with van der Waals surface area (Å²) in [6.07, 6.45) is 4.49. The first-order valence-electron chi connectivity index (χ1n) is 10.3. The van der Waals surface area contributed by atoms with Crippen LogP contribution in [0.15, 0.2) is 29.2 Å². The van der Waals surface area contributed by atoms with Crippen molar-refractivity contribution in [2.75, 3.05) is 25.0 Å². The van der Waals surface area contributed by atoms with E-state index in [2.05, 4.69) is 14.9 Å². The summed E-state index contributed by atoms with van der Waals surface area (Å²) in [6, 6.07) is 6.66. The molecule has 0 atom stereocenters. The molecule has 1 N–H and O–H groups in total. The number of nitrogens with zero attached hydrogens (tertiary/aromatic N) is 3. The quantitative estimate of drug-likeness (QED) is 0.594. The number of carbonyl (C=O) groups excluding carboxylic acids is 2. The smallest absolute Gasteiger partial charge is 0.362 e. The van der Waals surface area contributed by atoms with E-state index in [1.54, 1.807) is 35.5 Å². The number of rotatable bonds is 8. The number of aryl methyl sites for hydroxylation is 1. The molecule has 1 aliphatic rings. The SMILES string of the molecule is CCOC(=O)c1nnsc1NC(=O)CCc1ccc(S(=O)(=O)N2CCCCCC2)cc1. The summed E-state index contributed by atoms with van der Waals surface area (Å²) in [4.78, 5) is 24.4. The Kier molecular flexibility index (Phi) is 8.10. The van der Waals surface area contributed by atoms with Crippen LogP contribution in [0.1, 0.15) is 55.1 Å². The van der Waals surface area contributed by atoms with Crippen molar-refractivity contribution < 1.29 is 22.7 Å². The van der Waals surface area contributed by atoms with Crippen LogP contribution in [-0.4, -0.2) is 53.9 Å². The molecule has 168 valence electrons. The molecule has 0 unspecified atom stereocenters. The van der Waals surface area contributed by atoms with Gasteiger partial charge in [-0.25, -0.2) is 13.2 Å². The largest absolute Gasteiger partial charge is 0.461 e. The summed E-state index contributed by atoms with van der Waals surface area (Å²) in [5, 5.41) is 6.59. The molecule has 3 rings (SSSR count). The molecule has 2 aromatic rings. The van der Waals surface area contributed by atoms with Crippen LogP contribution in [0.5, 0.6) is 0 Å². The molecule has 0 bridgehead atoms. The van der Waals surface area contributed by atoms with Crippen molar-refractivity contribution in [3.05, 3.63) is 35.5 Å². The van der Waals surface area contributed by atoms with Gasteiger partial charge in [0, 0.05) is 31.0 Å². The molecular weight excluding hydrogens is 440 g/mol. The minimum Gasteiger partial charge on any atom is -0.461 e. The molecule has 9 nitrogen and oxygen atoms in total. The van der Waals surface area contributed by atoms with E-state index in [0.29, 0.717) is 19.5 Å². The molecule has 0 radical (unpaired) electrons. The van der Waals surface area contributed by atoms with Crippen molar-refractivity contribution in [2.45, 2.75) is 50.3 Å². The van der Waals surface area contributed by atoms with Crippen molar-refractivity contribution in [2.24, 2.45) is 0 Å². The molecule has 0 spiro atoms. The van der Waals surface area contributed by atoms with Crippen LogP contribution in [0.3, 0.4) is 0 Å². The molecule has 1 amide bonds. The molecule has 1 fully saturated rings. The van der Waals surface area contributed by atoms with Crippen LogP contribution in [0.4, 0.5) is 5.00 Å². The molecule has 1 aromatic carbocycles. The number of ether oxygens (including phenoxy) is 1. The zero-order valence-corrected chi connectivity index (χ0v) is 19.0. The number of benzene rings is 1. The summed E-state index contributed by atoms with van der Waals surface area (Å²) in [6.45, 7) is 3.00. The Hall–Kier alpha value is -2.37. The third-order valence-corrected chi connectivity index (χ3v) is 7.53. The van der Waals surface area contributed by atoms with E-state index in [1.165, 1.54) is 0 Å². The van der Waals surface area contributed by atoms with Gasteiger partial charge in [-0.2, -0.15) is 4.31 Å². The molecule has 1 aliphatic heterocycles. The topological polar surface area (TPSA) is 119 Å². The summed E-state index contributed by atoms with van der Waals surface area (Å²) in [7, 11) is -3.49. The van der Waals surface area contributed by atoms with Crippen LogP contribution in [0.2, 0.25) is 0 Å². The van der Waals surface area contributed by atoms with E-state index in [-0.39, 0.29) is 34.5 Å². The van der Waals surface area contributed by atoms with Crippen molar-refractivity contribution in [1.29, 1.82) is 0 Å². The second-order valence-corrected chi connectivity index (χ2v) is 9.87. The van der Waals surface area contributed by atoms with Gasteiger partial charge in [-0.15, -0.1) is 5.10 Å². The van der Waals surface area contributed by atoms with E-state index < -0.39 is 16.0 Å². The Morgan fingerprint density at radius 2 is 1.81 bits per heavy atom. The molecular formula is C20H26N4O5S2. The predicted octanol–water partition coefficient (Wildman–Crippen LogP) is 2.85. The van der Waals surface area contributed by atoms with E-state index in [9.17, 15) is 18.0 Å². The number of nitrogens with one attached hydrogen (secondary N) is 1. The first kappa shape index (κ1) is 23.3. The Bertz CT molecular complexity index is 997. The third-order valence-electron chi connectivity index (χ3n) is 4.98. The summed E-state index contributed by atoms with van der Waals surface area (Å²) in [5.41, 5.74) is 0.835. The van der Waals surface area contributed by atoms with Gasteiger partial charge in [0.2, 0.25) is 21.6 Å². The lowest BCUT2D eigenvalue weighted by atomic mass is 10.1. The molecule has 1 saturated heterocycles. The average Bonchev–Trinajstić information content (AvgIpc) is 3.03. The maximum Gasteiger partial charge on any atom is 0.362 e. The number of anilines is 1. The van der Waals surface area contributed by atoms with E-state index >= 15 is 0 Å². The lowest BCUT2D eigenvalue weighted by Gasteiger charge is -2.20. The minimum absolute atomic E-state index is 0.0109. The van der Waals surface area contributed by atoms with Crippen molar-refractivity contribution in [3.8, 4) is 0 Å². The highest BCUT2D eigenvalue weighted by molar-refractivity contribution is 7.89. The maximum atomic E-state index is 12.8. The number of hydrogen-bond donors (Lipinski definition) is 1. The predicted molar refractivity (Wildman–Crippen MR) is 116 cm³/mol. The number of aromatic nitrogens is 2. The Morgan fingerprint density at radius 3 is 2.45 bits per heavy atom. The monoisotopic (exact) mass is 466 g/mol. The van der Waals surface area contributed by atoms with Gasteiger partial charge in [0.25, 0.3) is 0 Å². The van der Waals surface area contributed by atoms with Gasteiger partial charge in [-0.3, -0.25) is 4.79 Å². The lowest BCUT2D eigenvalue weighted by Crippen LogP contribution is -2.31. The highest BCUT2D eigenvalue weighted by Crippen LogP contribution is 2.22. The van der Waals surface area contributed by atoms with Gasteiger partial charge in [-0.1, -0.05) is 29.5 Å². The fraction of sp³-hybridized carbons (Fsp3) is 0.500. The molecule has 0 saturated carbocycles. The van der Waals surface area contributed by atoms with Gasteiger partial charge in [-0.05, 0) is 43.9 Å². The Labute approximate surface area is 186 Å². The highest BCUT2D eigenvalue weighted by Gasteiger charge is 2.25. The molecule has 1 aromatic heterocycles. The van der Waals surface area contributed by atoms with Crippen LogP contribution in [-0.2, 0) is 26.0 Å². The lowest BCUT2D eigenvalue weighted by molar-refractivity contribution is -0.116. The molecule has 0 aliphatic carbocycles. The van der Waals surface area contributed by atoms with Crippen molar-refractivity contribution in [3.63, 3.8) is 0 Å². The normalized spacial score (nSPS) is 15.3. The van der Waals surface area contributed by atoms with Crippen LogP contribution in [0.25, 0.3) is 0 Å². The fourth-order valence-corrected chi connectivity index (χ4v) is 5.40. The second kappa shape index (κ2) is 10.8. The van der Waals surface area contributed by atoms with Crippen LogP contribution >= 0.6 is 11.5 Å². The Balaban J connectivity index is 1.56. The van der Waals surface area contributed by atoms with Gasteiger partial charge >= 0.3 is 5.97 Å². The van der Waals surface area contributed by atoms with Gasteiger partial charge < -0.3 is 10.1 Å². The standard InChI is InChI=1S/C20H26N4O5S2/c1-2-29-20(26)18-19(30-23-22-18)21-17(25)12-9-15-7-10-16(11-8-15)31(27,28)24-13-5-3-4-6-14-24/h7-8,10-11H,2-6,9,12-14H2,1H3,(H,21,25). The highest BCUT2D eigenvalue weighted by atomic mass is 32.2. The number of hydrogen-bond acceptors (Lipinski definition) is 8. The van der Waals surface area contributed by atoms with Crippen LogP contribution in [0, 0.1) is 0 Å². The van der Waals surface area contributed by atoms with Crippen molar-refractivity contribution >= 4 is 38.4 Å². The van der Waals surface area contributed by atoms with Crippen molar-refractivity contribution in [1.82, 2.24) is 13.9 Å². The maximum absolute atomic E-state index is 12.8. The first-order chi connectivity index (χ1) is 14.9. The zero-order chi connectivity index (χ0) is 22.3. The van der Waals surface area contributed by atoms with Crippen LogP contribution < -0.4 is 5.32 Å². The third kappa shape index (κ3) is 6.08. The average molecular weight is 467 g/mol. The second-order valence-electron chi connectivity index (χ2n) is 7.18. The van der Waals surface area contributed by atoms with Gasteiger partial charge in [0.05, 0.1) is 11.5 Å². The zero-order valence-electron chi connectivity index (χ0n) is 17.4. The minimum atomic E-state index is -3.49. The molecule has 11 heteroatoms. The molecule has 2 heterocycles. The number of carbonyl (C=O) groups is 2. The number of sulfonamides is 1. The van der Waals surface area contributed by atoms with E-state index in [4.69, 9.17) is 4.74 Å². The first-order valence-corrected chi connectivity index (χ1v) is 12.5.